The Morgan fingerprint density at radius 3 is 2.67 bits per heavy atom. The number of likely N-dealkylation sites (tertiary alicyclic amines) is 1. The normalized spacial score (nSPS) is 19.0. The molecule has 1 atom stereocenters. The van der Waals surface area contributed by atoms with Crippen LogP contribution in [-0.4, -0.2) is 42.8 Å². The summed E-state index contributed by atoms with van der Waals surface area (Å²) in [6, 6.07) is 0. The number of carbonyl (C=O) groups excluding carboxylic acids is 1. The molecule has 0 bridgehead atoms. The summed E-state index contributed by atoms with van der Waals surface area (Å²) >= 11 is 0. The first-order valence-corrected chi connectivity index (χ1v) is 8.61. The van der Waals surface area contributed by atoms with Crippen LogP contribution in [0.4, 0.5) is 4.79 Å². The Morgan fingerprint density at radius 1 is 1.24 bits per heavy atom. The van der Waals surface area contributed by atoms with Crippen molar-refractivity contribution >= 4 is 6.09 Å². The van der Waals surface area contributed by atoms with Gasteiger partial charge in [0, 0.05) is 13.1 Å². The minimum absolute atomic E-state index is 0.155. The molecule has 0 aromatic rings. The molecule has 0 spiro atoms. The lowest BCUT2D eigenvalue weighted by atomic mass is 10.1. The van der Waals surface area contributed by atoms with Crippen LogP contribution in [0.25, 0.3) is 0 Å². The summed E-state index contributed by atoms with van der Waals surface area (Å²) < 4.78 is 5.42. The fourth-order valence-electron chi connectivity index (χ4n) is 2.67. The highest BCUT2D eigenvalue weighted by atomic mass is 16.6. The van der Waals surface area contributed by atoms with E-state index < -0.39 is 5.60 Å². The van der Waals surface area contributed by atoms with Crippen LogP contribution in [0, 0.1) is 5.92 Å². The van der Waals surface area contributed by atoms with Gasteiger partial charge in [-0.15, -0.1) is 0 Å². The van der Waals surface area contributed by atoms with E-state index in [2.05, 4.69) is 12.2 Å². The number of hydrogen-bond acceptors (Lipinski definition) is 3. The maximum atomic E-state index is 12.0. The molecule has 1 aliphatic rings. The van der Waals surface area contributed by atoms with E-state index in [-0.39, 0.29) is 6.09 Å². The first-order chi connectivity index (χ1) is 9.92. The number of hydrogen-bond donors (Lipinski definition) is 1. The molecule has 21 heavy (non-hydrogen) atoms. The van der Waals surface area contributed by atoms with E-state index >= 15 is 0 Å². The average Bonchev–Trinajstić information content (AvgIpc) is 2.84. The summed E-state index contributed by atoms with van der Waals surface area (Å²) in [6.07, 6.45) is 7.36. The minimum Gasteiger partial charge on any atom is -0.444 e. The van der Waals surface area contributed by atoms with Gasteiger partial charge in [0.15, 0.2) is 0 Å². The highest BCUT2D eigenvalue weighted by Gasteiger charge is 2.29. The molecule has 1 saturated heterocycles. The Balaban J connectivity index is 2.08. The number of rotatable bonds is 8. The third-order valence-corrected chi connectivity index (χ3v) is 3.87. The summed E-state index contributed by atoms with van der Waals surface area (Å²) in [7, 11) is 0. The first kappa shape index (κ1) is 18.3. The second-order valence-electron chi connectivity index (χ2n) is 7.18. The van der Waals surface area contributed by atoms with Gasteiger partial charge in [-0.3, -0.25) is 0 Å². The molecule has 4 nitrogen and oxygen atoms in total. The fraction of sp³-hybridized carbons (Fsp3) is 0.941. The third kappa shape index (κ3) is 8.30. The lowest BCUT2D eigenvalue weighted by Crippen LogP contribution is -2.35. The molecule has 1 rings (SSSR count). The first-order valence-electron chi connectivity index (χ1n) is 8.61. The number of amides is 1. The molecule has 4 heteroatoms. The zero-order valence-corrected chi connectivity index (χ0v) is 14.4. The maximum Gasteiger partial charge on any atom is 0.410 e. The van der Waals surface area contributed by atoms with Crippen LogP contribution in [0.3, 0.4) is 0 Å². The van der Waals surface area contributed by atoms with Crippen molar-refractivity contribution in [3.05, 3.63) is 0 Å². The van der Waals surface area contributed by atoms with Crippen molar-refractivity contribution in [1.82, 2.24) is 10.2 Å². The van der Waals surface area contributed by atoms with Crippen LogP contribution in [0.1, 0.15) is 66.2 Å². The van der Waals surface area contributed by atoms with Gasteiger partial charge in [0.2, 0.25) is 0 Å². The number of nitrogens with zero attached hydrogens (tertiary/aromatic N) is 1. The molecule has 0 saturated carbocycles. The molecular weight excluding hydrogens is 264 g/mol. The van der Waals surface area contributed by atoms with Crippen molar-refractivity contribution in [2.45, 2.75) is 71.8 Å². The molecule has 124 valence electrons. The molecule has 0 aliphatic carbocycles. The molecule has 1 amide bonds. The summed E-state index contributed by atoms with van der Waals surface area (Å²) in [5, 5.41) is 3.52. The summed E-state index contributed by atoms with van der Waals surface area (Å²) in [4.78, 5) is 13.8. The Labute approximate surface area is 130 Å². The van der Waals surface area contributed by atoms with Crippen LogP contribution in [0.2, 0.25) is 0 Å². The van der Waals surface area contributed by atoms with Crippen molar-refractivity contribution in [2.75, 3.05) is 26.2 Å². The highest BCUT2D eigenvalue weighted by molar-refractivity contribution is 5.68. The second kappa shape index (κ2) is 9.29. The molecule has 1 heterocycles. The Morgan fingerprint density at radius 2 is 2.00 bits per heavy atom. The van der Waals surface area contributed by atoms with Crippen LogP contribution in [0.15, 0.2) is 0 Å². The van der Waals surface area contributed by atoms with Gasteiger partial charge in [0.05, 0.1) is 0 Å². The van der Waals surface area contributed by atoms with E-state index in [0.717, 1.165) is 39.0 Å². The predicted octanol–water partition coefficient (Wildman–Crippen LogP) is 3.80. The van der Waals surface area contributed by atoms with Gasteiger partial charge in [0.1, 0.15) is 5.60 Å². The Bertz CT molecular complexity index is 300. The molecule has 0 radical (unpaired) electrons. The second-order valence-corrected chi connectivity index (χ2v) is 7.18. The van der Waals surface area contributed by atoms with E-state index in [4.69, 9.17) is 4.74 Å². The third-order valence-electron chi connectivity index (χ3n) is 3.87. The molecular formula is C17H34N2O2. The average molecular weight is 298 g/mol. The van der Waals surface area contributed by atoms with Gasteiger partial charge in [-0.1, -0.05) is 26.2 Å². The quantitative estimate of drug-likeness (QED) is 0.693. The van der Waals surface area contributed by atoms with Crippen molar-refractivity contribution in [3.8, 4) is 0 Å². The minimum atomic E-state index is -0.394. The number of carbonyl (C=O) groups is 1. The molecule has 1 fully saturated rings. The van der Waals surface area contributed by atoms with Crippen LogP contribution < -0.4 is 5.32 Å². The van der Waals surface area contributed by atoms with Crippen molar-refractivity contribution in [3.63, 3.8) is 0 Å². The van der Waals surface area contributed by atoms with E-state index in [9.17, 15) is 4.79 Å². The fourth-order valence-corrected chi connectivity index (χ4v) is 2.67. The van der Waals surface area contributed by atoms with E-state index in [1.807, 2.05) is 25.7 Å². The van der Waals surface area contributed by atoms with E-state index in [0.29, 0.717) is 5.92 Å². The Hall–Kier alpha value is -0.770. The topological polar surface area (TPSA) is 41.6 Å². The standard InChI is InChI=1S/C17H34N2O2/c1-5-6-7-8-11-18-12-9-15-10-13-19(14-15)16(20)21-17(2,3)4/h15,18H,5-14H2,1-4H3. The largest absolute Gasteiger partial charge is 0.444 e. The van der Waals surface area contributed by atoms with Gasteiger partial charge in [-0.2, -0.15) is 0 Å². The zero-order valence-electron chi connectivity index (χ0n) is 14.4. The number of ether oxygens (including phenoxy) is 1. The predicted molar refractivity (Wildman–Crippen MR) is 87.5 cm³/mol. The lowest BCUT2D eigenvalue weighted by molar-refractivity contribution is 0.0287. The monoisotopic (exact) mass is 298 g/mol. The zero-order chi connectivity index (χ0) is 15.7. The van der Waals surface area contributed by atoms with Crippen LogP contribution in [-0.2, 0) is 4.74 Å². The molecule has 1 N–H and O–H groups in total. The van der Waals surface area contributed by atoms with Crippen molar-refractivity contribution in [1.29, 1.82) is 0 Å². The summed E-state index contributed by atoms with van der Waals surface area (Å²) in [5.41, 5.74) is -0.394. The van der Waals surface area contributed by atoms with Crippen molar-refractivity contribution < 1.29 is 9.53 Å². The van der Waals surface area contributed by atoms with Crippen molar-refractivity contribution in [2.24, 2.45) is 5.92 Å². The van der Waals surface area contributed by atoms with Crippen LogP contribution >= 0.6 is 0 Å². The SMILES string of the molecule is CCCCCCNCCC1CCN(C(=O)OC(C)(C)C)C1. The van der Waals surface area contributed by atoms with E-state index in [1.54, 1.807) is 0 Å². The lowest BCUT2D eigenvalue weighted by Gasteiger charge is -2.24. The Kier molecular flexibility index (Phi) is 8.09. The van der Waals surface area contributed by atoms with Gasteiger partial charge in [0.25, 0.3) is 0 Å². The smallest absolute Gasteiger partial charge is 0.410 e. The van der Waals surface area contributed by atoms with Gasteiger partial charge in [-0.05, 0) is 59.0 Å². The number of unbranched alkanes of at least 4 members (excludes halogenated alkanes) is 3. The number of nitrogens with one attached hydrogen (secondary N) is 1. The van der Waals surface area contributed by atoms with Gasteiger partial charge >= 0.3 is 6.09 Å². The molecule has 0 aromatic heterocycles. The summed E-state index contributed by atoms with van der Waals surface area (Å²) in [6.45, 7) is 11.9. The molecule has 1 aliphatic heterocycles. The summed E-state index contributed by atoms with van der Waals surface area (Å²) in [5.74, 6) is 0.626. The maximum absolute atomic E-state index is 12.0. The van der Waals surface area contributed by atoms with Crippen LogP contribution in [0.5, 0.6) is 0 Å². The molecule has 0 aromatic carbocycles. The van der Waals surface area contributed by atoms with Gasteiger partial charge < -0.3 is 15.0 Å². The highest BCUT2D eigenvalue weighted by Crippen LogP contribution is 2.21. The molecule has 1 unspecified atom stereocenters. The van der Waals surface area contributed by atoms with Gasteiger partial charge in [-0.25, -0.2) is 4.79 Å². The van der Waals surface area contributed by atoms with E-state index in [1.165, 1.54) is 25.7 Å².